The summed E-state index contributed by atoms with van der Waals surface area (Å²) in [6, 6.07) is 49.8. The van der Waals surface area contributed by atoms with Gasteiger partial charge < -0.3 is 19.8 Å². The molecule has 0 saturated carbocycles. The summed E-state index contributed by atoms with van der Waals surface area (Å²) < 4.78 is 87.1. The van der Waals surface area contributed by atoms with E-state index < -0.39 is 54.0 Å². The Kier molecular flexibility index (Phi) is 32.0. The third-order valence-electron chi connectivity index (χ3n) is 11.4. The van der Waals surface area contributed by atoms with Gasteiger partial charge in [-0.3, -0.25) is 48.3 Å². The number of halogens is 2. The van der Waals surface area contributed by atoms with Gasteiger partial charge in [-0.05, 0) is 104 Å². The molecule has 0 radical (unpaired) electrons. The van der Waals surface area contributed by atoms with Gasteiger partial charge in [-0.15, -0.1) is 20.5 Å². The number of benzene rings is 4. The summed E-state index contributed by atoms with van der Waals surface area (Å²) in [5, 5.41) is 27.0. The first kappa shape index (κ1) is 78.8. The molecule has 0 aliphatic carbocycles. The second-order valence-corrected chi connectivity index (χ2v) is 23.7. The van der Waals surface area contributed by atoms with E-state index in [0.717, 1.165) is 133 Å². The molecule has 0 fully saturated rings. The van der Waals surface area contributed by atoms with Crippen molar-refractivity contribution < 1.29 is 120 Å². The van der Waals surface area contributed by atoms with Crippen LogP contribution in [0.25, 0.3) is 87.2 Å². The van der Waals surface area contributed by atoms with E-state index in [1.165, 1.54) is 0 Å². The normalized spacial score (nSPS) is 10.5. The molecule has 0 unspecified atom stereocenters. The van der Waals surface area contributed by atoms with Crippen molar-refractivity contribution in [1.29, 1.82) is 0 Å². The topological polar surface area (TPSA) is 402 Å². The molecule has 8 aromatic heterocycles. The molecule has 22 nitrogen and oxygen atoms in total. The number of aromatic nitrogens is 8. The van der Waals surface area contributed by atoms with Crippen LogP contribution in [0.5, 0.6) is 0 Å². The number of fused-ring (bicyclic) bond motifs is 12. The van der Waals surface area contributed by atoms with Gasteiger partial charge in [-0.1, -0.05) is 97.1 Å². The minimum Gasteiger partial charge on any atom is -0.543 e. The number of aryl methyl sites for hydroxylation is 8. The summed E-state index contributed by atoms with van der Waals surface area (Å²) in [5.41, 5.74) is 16.3. The number of carboxylic acid groups (broad SMARTS) is 2. The van der Waals surface area contributed by atoms with Gasteiger partial charge in [0.05, 0.1) is 56.1 Å². The predicted octanol–water partition coefficient (Wildman–Crippen LogP) is 0.558. The molecule has 0 atom stereocenters. The molecule has 12 rings (SSSR count). The van der Waals surface area contributed by atoms with Gasteiger partial charge in [0, 0.05) is 135 Å². The monoisotopic (exact) mass is 1390 g/mol. The Hall–Kier alpha value is -7.30. The Morgan fingerprint density at radius 2 is 0.344 bits per heavy atom. The van der Waals surface area contributed by atoms with Crippen LogP contribution in [0, 0.1) is 75.9 Å². The van der Waals surface area contributed by atoms with E-state index in [-0.39, 0.29) is 34.1 Å². The van der Waals surface area contributed by atoms with E-state index in [0.29, 0.717) is 0 Å². The molecule has 8 heterocycles. The molecule has 4 aromatic carbocycles. The van der Waals surface area contributed by atoms with Crippen molar-refractivity contribution in [2.24, 2.45) is 0 Å². The van der Waals surface area contributed by atoms with Crippen LogP contribution in [0.15, 0.2) is 146 Å². The van der Waals surface area contributed by atoms with E-state index in [2.05, 4.69) is 137 Å². The fourth-order valence-corrected chi connectivity index (χ4v) is 7.85. The van der Waals surface area contributed by atoms with Gasteiger partial charge in [0.25, 0.3) is 0 Å². The Labute approximate surface area is 548 Å². The molecule has 0 N–H and O–H groups in total. The van der Waals surface area contributed by atoms with Crippen molar-refractivity contribution in [3.05, 3.63) is 191 Å². The molecule has 12 aromatic rings. The number of carbonyl (C=O) groups excluding carboxylic acids is 2. The first-order chi connectivity index (χ1) is 41.1. The zero-order valence-corrected chi connectivity index (χ0v) is 55.8. The maximum Gasteiger partial charge on any atom is 2.00 e. The minimum atomic E-state index is -4.94. The average molecular weight is 1390 g/mol. The van der Waals surface area contributed by atoms with Crippen molar-refractivity contribution in [1.82, 2.24) is 39.9 Å². The van der Waals surface area contributed by atoms with Gasteiger partial charge in [0.1, 0.15) is 0 Å². The molecule has 90 heavy (non-hydrogen) atoms. The molecule has 0 aliphatic heterocycles. The average Bonchev–Trinajstić information content (AvgIpc) is 2.06. The van der Waals surface area contributed by atoms with Crippen LogP contribution in [0.4, 0.5) is 0 Å². The number of carboxylic acids is 2. The first-order valence-corrected chi connectivity index (χ1v) is 32.2. The molecule has 474 valence electrons. The third kappa shape index (κ3) is 27.4. The van der Waals surface area contributed by atoms with Gasteiger partial charge >= 0.3 is 34.1 Å². The SMILES string of the molecule is CS(C)=O.CS(C)=O.Cc1ccc2ccc3ccc(C)nc3c2n1.Cc1ccc2ccc3ccc(C)nc3c2n1.Cc1ccc2ccc3ccc(C)nc3c2n1.Cc1ccc2ccc3ccc(C)nc3c2n1.O=C([O-])C(=O)[O-].[Fe+2].[Fe+2].[O-][Cl+3]([O-])([O-])[O-].[O-][Cl+3]([O-])([O-])[O-]. The third-order valence-corrected chi connectivity index (χ3v) is 11.4. The zero-order valence-electron chi connectivity index (χ0n) is 50.4. The second-order valence-electron chi connectivity index (χ2n) is 19.3. The van der Waals surface area contributed by atoms with Crippen LogP contribution in [-0.4, -0.2) is 85.3 Å². The second kappa shape index (κ2) is 36.5. The van der Waals surface area contributed by atoms with Gasteiger partial charge in [0.15, 0.2) is 0 Å². The number of nitrogens with zero attached hydrogens (tertiary/aromatic N) is 8. The molecule has 0 aliphatic rings. The van der Waals surface area contributed by atoms with Crippen LogP contribution in [-0.2, 0) is 65.3 Å². The van der Waals surface area contributed by atoms with Crippen LogP contribution < -0.4 is 47.5 Å². The minimum absolute atomic E-state index is 0. The number of carbonyl (C=O) groups is 2. The number of rotatable bonds is 0. The number of hydrogen-bond acceptors (Lipinski definition) is 22. The van der Waals surface area contributed by atoms with Crippen LogP contribution in [0.2, 0.25) is 0 Å². The maximum atomic E-state index is 9.56. The molecule has 0 spiro atoms. The van der Waals surface area contributed by atoms with Crippen molar-refractivity contribution in [3.63, 3.8) is 0 Å². The molecule has 0 amide bonds. The summed E-state index contributed by atoms with van der Waals surface area (Å²) in [6.45, 7) is 16.1. The fourth-order valence-electron chi connectivity index (χ4n) is 7.85. The quantitative estimate of drug-likeness (QED) is 0.114. The number of hydrogen-bond donors (Lipinski definition) is 0. The van der Waals surface area contributed by atoms with Gasteiger partial charge in [-0.2, -0.15) is 0 Å². The summed E-state index contributed by atoms with van der Waals surface area (Å²) in [7, 11) is -11.1. The Bertz CT molecular complexity index is 3680. The molecule has 0 saturated heterocycles. The fraction of sp³-hybridized carbons (Fsp3) is 0.194. The van der Waals surface area contributed by atoms with Gasteiger partial charge in [-0.25, -0.2) is 37.3 Å². The molecule has 0 bridgehead atoms. The number of aliphatic carboxylic acids is 2. The largest absolute Gasteiger partial charge is 2.00 e. The Balaban J connectivity index is 0.000000363. The maximum absolute atomic E-state index is 9.56. The van der Waals surface area contributed by atoms with E-state index in [9.17, 15) is 8.42 Å². The standard InChI is InChI=1S/4C14H12N2.C2H2O4.2C2H6OS.2ClHO4.2Fe/c4*1-9-3-5-11-7-8-12-6-4-10(2)16-14(12)13(11)15-9;3-1(4)2(5)6;2*1-4(2)3;2*2-1(3,4)5;;/h4*3-8H,1-2H3;(H,3,4)(H,5,6);2*1-2H3;2*(H,2,3,4,5);;/q;;;;;;;;;2*+2/p-4. The summed E-state index contributed by atoms with van der Waals surface area (Å²) >= 11 is 0. The van der Waals surface area contributed by atoms with E-state index in [1.807, 2.05) is 104 Å². The van der Waals surface area contributed by atoms with E-state index in [4.69, 9.17) is 57.1 Å². The number of pyridine rings is 8. The van der Waals surface area contributed by atoms with E-state index >= 15 is 0 Å². The summed E-state index contributed by atoms with van der Waals surface area (Å²) in [4.78, 5) is 54.5. The van der Waals surface area contributed by atoms with Crippen LogP contribution in [0.3, 0.4) is 0 Å². The molecular weight excluding hydrogens is 1330 g/mol. The van der Waals surface area contributed by atoms with Crippen molar-refractivity contribution >= 4 is 121 Å². The van der Waals surface area contributed by atoms with Crippen LogP contribution in [0.1, 0.15) is 45.6 Å². The van der Waals surface area contributed by atoms with Gasteiger partial charge in [0.2, 0.25) is 0 Å². The first-order valence-electron chi connectivity index (χ1n) is 25.8. The Morgan fingerprint density at radius 1 is 0.267 bits per heavy atom. The van der Waals surface area contributed by atoms with Crippen LogP contribution >= 0.6 is 0 Å². The Morgan fingerprint density at radius 3 is 0.422 bits per heavy atom. The summed E-state index contributed by atoms with van der Waals surface area (Å²) in [5.74, 6) is -4.37. The molecule has 28 heteroatoms. The summed E-state index contributed by atoms with van der Waals surface area (Å²) in [6.07, 6.45) is 6.56. The van der Waals surface area contributed by atoms with Crippen molar-refractivity contribution in [2.75, 3.05) is 25.0 Å². The predicted molar refractivity (Wildman–Crippen MR) is 316 cm³/mol. The van der Waals surface area contributed by atoms with Crippen molar-refractivity contribution in [2.45, 2.75) is 55.4 Å². The van der Waals surface area contributed by atoms with E-state index in [1.54, 1.807) is 25.0 Å². The van der Waals surface area contributed by atoms with Crippen molar-refractivity contribution in [3.8, 4) is 0 Å². The smallest absolute Gasteiger partial charge is 0.543 e. The zero-order chi connectivity index (χ0) is 65.8. The molecular formula is C62H60Cl2Fe2N8O14S2.